The van der Waals surface area contributed by atoms with Gasteiger partial charge >= 0.3 is 0 Å². The average molecular weight is 333 g/mol. The maximum Gasteiger partial charge on any atom is 0.211 e. The van der Waals surface area contributed by atoms with Crippen molar-refractivity contribution in [1.82, 2.24) is 10.0 Å². The molecule has 120 valence electrons. The van der Waals surface area contributed by atoms with E-state index in [0.717, 1.165) is 31.5 Å². The molecule has 1 aliphatic heterocycles. The van der Waals surface area contributed by atoms with Crippen molar-refractivity contribution in [3.05, 3.63) is 35.9 Å². The van der Waals surface area contributed by atoms with Gasteiger partial charge in [0.1, 0.15) is 0 Å². The van der Waals surface area contributed by atoms with Crippen LogP contribution in [0.15, 0.2) is 30.3 Å². The van der Waals surface area contributed by atoms with Crippen LogP contribution in [-0.4, -0.2) is 33.8 Å². The summed E-state index contributed by atoms with van der Waals surface area (Å²) in [4.78, 5) is 0. The minimum Gasteiger partial charge on any atom is -0.317 e. The van der Waals surface area contributed by atoms with Gasteiger partial charge in [0.2, 0.25) is 10.0 Å². The second-order valence-corrected chi connectivity index (χ2v) is 7.86. The van der Waals surface area contributed by atoms with Crippen LogP contribution >= 0.6 is 12.4 Å². The quantitative estimate of drug-likeness (QED) is 0.837. The summed E-state index contributed by atoms with van der Waals surface area (Å²) in [5.74, 6) is 0.158. The first-order chi connectivity index (χ1) is 9.49. The van der Waals surface area contributed by atoms with Crippen LogP contribution in [0, 0.1) is 5.41 Å². The summed E-state index contributed by atoms with van der Waals surface area (Å²) in [6.07, 6.45) is 2.61. The standard InChI is InChI=1S/C15H24N2O2S.ClH/c1-15(8-10-16-11-9-15)13-17-20(18,19)12-7-14-5-3-2-4-6-14;/h2-6,16-17H,7-13H2,1H3;1H. The summed E-state index contributed by atoms with van der Waals surface area (Å²) in [6, 6.07) is 9.73. The molecule has 0 bridgehead atoms. The zero-order valence-corrected chi connectivity index (χ0v) is 14.1. The largest absolute Gasteiger partial charge is 0.317 e. The third-order valence-corrected chi connectivity index (χ3v) is 5.36. The lowest BCUT2D eigenvalue weighted by Crippen LogP contribution is -2.43. The first-order valence-electron chi connectivity index (χ1n) is 7.21. The third-order valence-electron chi connectivity index (χ3n) is 4.03. The van der Waals surface area contributed by atoms with Gasteiger partial charge in [-0.05, 0) is 43.3 Å². The predicted molar refractivity (Wildman–Crippen MR) is 89.4 cm³/mol. The Morgan fingerprint density at radius 3 is 2.43 bits per heavy atom. The molecule has 4 nitrogen and oxygen atoms in total. The van der Waals surface area contributed by atoms with E-state index in [0.29, 0.717) is 13.0 Å². The van der Waals surface area contributed by atoms with Gasteiger partial charge in [-0.2, -0.15) is 0 Å². The Kier molecular flexibility index (Phi) is 7.13. The van der Waals surface area contributed by atoms with Crippen LogP contribution < -0.4 is 10.0 Å². The van der Waals surface area contributed by atoms with Crippen molar-refractivity contribution in [2.75, 3.05) is 25.4 Å². The van der Waals surface area contributed by atoms with Crippen LogP contribution in [0.5, 0.6) is 0 Å². The van der Waals surface area contributed by atoms with Gasteiger partial charge < -0.3 is 5.32 Å². The monoisotopic (exact) mass is 332 g/mol. The van der Waals surface area contributed by atoms with Gasteiger partial charge in [-0.25, -0.2) is 13.1 Å². The number of hydrogen-bond donors (Lipinski definition) is 2. The molecule has 1 fully saturated rings. The molecule has 21 heavy (non-hydrogen) atoms. The van der Waals surface area contributed by atoms with Gasteiger partial charge in [-0.1, -0.05) is 37.3 Å². The summed E-state index contributed by atoms with van der Waals surface area (Å²) in [5, 5.41) is 3.31. The van der Waals surface area contributed by atoms with E-state index in [4.69, 9.17) is 0 Å². The number of piperidine rings is 1. The highest BCUT2D eigenvalue weighted by atomic mass is 35.5. The molecule has 0 amide bonds. The lowest BCUT2D eigenvalue weighted by Gasteiger charge is -2.34. The molecule has 2 rings (SSSR count). The number of aryl methyl sites for hydroxylation is 1. The van der Waals surface area contributed by atoms with Crippen molar-refractivity contribution in [2.45, 2.75) is 26.2 Å². The number of halogens is 1. The van der Waals surface area contributed by atoms with E-state index in [9.17, 15) is 8.42 Å². The van der Waals surface area contributed by atoms with Gasteiger partial charge in [0.25, 0.3) is 0 Å². The van der Waals surface area contributed by atoms with Crippen LogP contribution in [0.2, 0.25) is 0 Å². The Hall–Kier alpha value is -0.620. The van der Waals surface area contributed by atoms with E-state index in [1.807, 2.05) is 30.3 Å². The van der Waals surface area contributed by atoms with Crippen LogP contribution in [0.1, 0.15) is 25.3 Å². The van der Waals surface area contributed by atoms with Crippen molar-refractivity contribution < 1.29 is 8.42 Å². The average Bonchev–Trinajstić information content (AvgIpc) is 2.46. The summed E-state index contributed by atoms with van der Waals surface area (Å²) >= 11 is 0. The first-order valence-corrected chi connectivity index (χ1v) is 8.86. The fourth-order valence-corrected chi connectivity index (χ4v) is 3.68. The van der Waals surface area contributed by atoms with E-state index in [1.54, 1.807) is 0 Å². The summed E-state index contributed by atoms with van der Waals surface area (Å²) in [7, 11) is -3.19. The molecule has 0 spiro atoms. The summed E-state index contributed by atoms with van der Waals surface area (Å²) in [6.45, 7) is 4.66. The molecule has 1 aromatic rings. The molecule has 0 aliphatic carbocycles. The Labute approximate surface area is 134 Å². The Morgan fingerprint density at radius 2 is 1.81 bits per heavy atom. The van der Waals surface area contributed by atoms with Gasteiger partial charge in [0.05, 0.1) is 5.75 Å². The zero-order chi connectivity index (χ0) is 14.5. The Bertz CT molecular complexity index is 514. The van der Waals surface area contributed by atoms with Gasteiger partial charge in [-0.15, -0.1) is 12.4 Å². The summed E-state index contributed by atoms with van der Waals surface area (Å²) < 4.78 is 26.9. The van der Waals surface area contributed by atoms with E-state index >= 15 is 0 Å². The molecule has 1 aromatic carbocycles. The molecule has 1 saturated heterocycles. The molecule has 0 aromatic heterocycles. The highest BCUT2D eigenvalue weighted by molar-refractivity contribution is 7.89. The van der Waals surface area contributed by atoms with Gasteiger partial charge in [0, 0.05) is 6.54 Å². The Morgan fingerprint density at radius 1 is 1.19 bits per heavy atom. The summed E-state index contributed by atoms with van der Waals surface area (Å²) in [5.41, 5.74) is 1.15. The van der Waals surface area contributed by atoms with Gasteiger partial charge in [0.15, 0.2) is 0 Å². The third kappa shape index (κ3) is 6.34. The van der Waals surface area contributed by atoms with Crippen molar-refractivity contribution in [2.24, 2.45) is 5.41 Å². The highest BCUT2D eigenvalue weighted by Gasteiger charge is 2.28. The van der Waals surface area contributed by atoms with E-state index in [-0.39, 0.29) is 23.6 Å². The second-order valence-electron chi connectivity index (χ2n) is 5.94. The maximum absolute atomic E-state index is 12.1. The molecule has 0 saturated carbocycles. The number of rotatable bonds is 6. The maximum atomic E-state index is 12.1. The first kappa shape index (κ1) is 18.4. The number of nitrogens with one attached hydrogen (secondary N) is 2. The van der Waals surface area contributed by atoms with Crippen LogP contribution in [0.3, 0.4) is 0 Å². The molecule has 6 heteroatoms. The Balaban J connectivity index is 0.00000220. The van der Waals surface area contributed by atoms with Gasteiger partial charge in [-0.3, -0.25) is 0 Å². The molecule has 1 aliphatic rings. The predicted octanol–water partition coefficient (Wildman–Crippen LogP) is 1.96. The van der Waals surface area contributed by atoms with Crippen LogP contribution in [0.4, 0.5) is 0 Å². The van der Waals surface area contributed by atoms with Crippen LogP contribution in [0.25, 0.3) is 0 Å². The molecule has 2 N–H and O–H groups in total. The number of benzene rings is 1. The minimum absolute atomic E-state index is 0. The molecular weight excluding hydrogens is 308 g/mol. The van der Waals surface area contributed by atoms with Crippen LogP contribution in [-0.2, 0) is 16.4 Å². The number of sulfonamides is 1. The van der Waals surface area contributed by atoms with Crippen molar-refractivity contribution >= 4 is 22.4 Å². The molecule has 0 atom stereocenters. The molecule has 0 unspecified atom stereocenters. The van der Waals surface area contributed by atoms with E-state index < -0.39 is 10.0 Å². The minimum atomic E-state index is -3.19. The van der Waals surface area contributed by atoms with Crippen molar-refractivity contribution in [1.29, 1.82) is 0 Å². The highest BCUT2D eigenvalue weighted by Crippen LogP contribution is 2.26. The lowest BCUT2D eigenvalue weighted by atomic mass is 9.81. The molecular formula is C15H25ClN2O2S. The van der Waals surface area contributed by atoms with E-state index in [1.165, 1.54) is 0 Å². The number of hydrogen-bond acceptors (Lipinski definition) is 3. The second kappa shape index (κ2) is 8.13. The fraction of sp³-hybridized carbons (Fsp3) is 0.600. The smallest absolute Gasteiger partial charge is 0.211 e. The van der Waals surface area contributed by atoms with E-state index in [2.05, 4.69) is 17.0 Å². The molecule has 1 heterocycles. The molecule has 0 radical (unpaired) electrons. The van der Waals surface area contributed by atoms with Crippen molar-refractivity contribution in [3.8, 4) is 0 Å². The normalized spacial score (nSPS) is 18.0. The topological polar surface area (TPSA) is 58.2 Å². The van der Waals surface area contributed by atoms with Crippen molar-refractivity contribution in [3.63, 3.8) is 0 Å². The zero-order valence-electron chi connectivity index (χ0n) is 12.5. The fourth-order valence-electron chi connectivity index (χ4n) is 2.46. The lowest BCUT2D eigenvalue weighted by molar-refractivity contribution is 0.232. The SMILES string of the molecule is CC1(CNS(=O)(=O)CCc2ccccc2)CCNCC1.Cl.